The van der Waals surface area contributed by atoms with E-state index >= 15 is 0 Å². The van der Waals surface area contributed by atoms with Gasteiger partial charge in [0.1, 0.15) is 6.61 Å². The summed E-state index contributed by atoms with van der Waals surface area (Å²) in [5.41, 5.74) is 2.31. The molecule has 0 bridgehead atoms. The fourth-order valence-electron chi connectivity index (χ4n) is 3.41. The summed E-state index contributed by atoms with van der Waals surface area (Å²) in [6.45, 7) is 5.48. The van der Waals surface area contributed by atoms with E-state index in [2.05, 4.69) is 9.89 Å². The van der Waals surface area contributed by atoms with Crippen LogP contribution in [0.15, 0.2) is 41.4 Å². The van der Waals surface area contributed by atoms with Crippen LogP contribution in [0.25, 0.3) is 0 Å². The SMILES string of the molecule is Cc1c(/N=C/N2CCCCC2)ccc(C(=O)OCc2cccc(C(F)(F)F)c2)c1C. The van der Waals surface area contributed by atoms with E-state index < -0.39 is 17.7 Å². The van der Waals surface area contributed by atoms with Crippen molar-refractivity contribution in [2.45, 2.75) is 45.9 Å². The predicted octanol–water partition coefficient (Wildman–Crippen LogP) is 5.82. The first-order valence-corrected chi connectivity index (χ1v) is 9.97. The third kappa shape index (κ3) is 5.40. The van der Waals surface area contributed by atoms with E-state index in [0.29, 0.717) is 5.56 Å². The van der Waals surface area contributed by atoms with Crippen LogP contribution in [-0.2, 0) is 17.5 Å². The largest absolute Gasteiger partial charge is 0.457 e. The van der Waals surface area contributed by atoms with E-state index in [4.69, 9.17) is 4.74 Å². The van der Waals surface area contributed by atoms with Crippen LogP contribution < -0.4 is 0 Å². The number of likely N-dealkylation sites (tertiary alicyclic amines) is 1. The molecule has 1 aliphatic rings. The Kier molecular flexibility index (Phi) is 6.80. The van der Waals surface area contributed by atoms with Crippen molar-refractivity contribution in [1.29, 1.82) is 0 Å². The number of alkyl halides is 3. The van der Waals surface area contributed by atoms with Crippen LogP contribution in [0.4, 0.5) is 18.9 Å². The molecule has 160 valence electrons. The molecule has 0 aliphatic carbocycles. The van der Waals surface area contributed by atoms with E-state index in [1.807, 2.05) is 20.2 Å². The zero-order valence-electron chi connectivity index (χ0n) is 17.1. The van der Waals surface area contributed by atoms with Crippen LogP contribution in [0, 0.1) is 13.8 Å². The van der Waals surface area contributed by atoms with Gasteiger partial charge in [-0.25, -0.2) is 9.79 Å². The van der Waals surface area contributed by atoms with E-state index in [1.54, 1.807) is 12.1 Å². The van der Waals surface area contributed by atoms with Crippen molar-refractivity contribution >= 4 is 18.0 Å². The minimum absolute atomic E-state index is 0.226. The number of rotatable bonds is 5. The molecule has 0 unspecified atom stereocenters. The van der Waals surface area contributed by atoms with Gasteiger partial charge in [0.15, 0.2) is 0 Å². The molecule has 4 nitrogen and oxygen atoms in total. The Balaban J connectivity index is 1.68. The highest BCUT2D eigenvalue weighted by Crippen LogP contribution is 2.30. The number of carbonyl (C=O) groups excluding carboxylic acids is 1. The normalized spacial score (nSPS) is 14.9. The molecule has 2 aromatic rings. The van der Waals surface area contributed by atoms with Crippen molar-refractivity contribution in [3.05, 3.63) is 64.2 Å². The van der Waals surface area contributed by atoms with Crippen LogP contribution in [0.3, 0.4) is 0 Å². The fourth-order valence-corrected chi connectivity index (χ4v) is 3.41. The van der Waals surface area contributed by atoms with Gasteiger partial charge in [0, 0.05) is 13.1 Å². The summed E-state index contributed by atoms with van der Waals surface area (Å²) in [7, 11) is 0. The van der Waals surface area contributed by atoms with Gasteiger partial charge in [-0.1, -0.05) is 12.1 Å². The van der Waals surface area contributed by atoms with Crippen LogP contribution in [0.5, 0.6) is 0 Å². The predicted molar refractivity (Wildman–Crippen MR) is 110 cm³/mol. The number of aliphatic imine (C=N–C) groups is 1. The maximum atomic E-state index is 12.8. The second kappa shape index (κ2) is 9.32. The number of esters is 1. The second-order valence-electron chi connectivity index (χ2n) is 7.50. The zero-order valence-corrected chi connectivity index (χ0v) is 17.1. The average molecular weight is 418 g/mol. The highest BCUT2D eigenvalue weighted by molar-refractivity contribution is 5.92. The smallest absolute Gasteiger partial charge is 0.416 e. The van der Waals surface area contributed by atoms with Crippen LogP contribution in [-0.4, -0.2) is 30.3 Å². The lowest BCUT2D eigenvalue weighted by atomic mass is 10.0. The number of hydrogen-bond donors (Lipinski definition) is 0. The van der Waals surface area contributed by atoms with Crippen molar-refractivity contribution in [3.8, 4) is 0 Å². The maximum Gasteiger partial charge on any atom is 0.416 e. The first-order valence-electron chi connectivity index (χ1n) is 9.97. The van der Waals surface area contributed by atoms with Gasteiger partial charge in [-0.2, -0.15) is 13.2 Å². The monoisotopic (exact) mass is 418 g/mol. The van der Waals surface area contributed by atoms with Gasteiger partial charge in [-0.3, -0.25) is 0 Å². The molecule has 0 amide bonds. The van der Waals surface area contributed by atoms with E-state index in [0.717, 1.165) is 42.0 Å². The Morgan fingerprint density at radius 3 is 2.53 bits per heavy atom. The highest BCUT2D eigenvalue weighted by Gasteiger charge is 2.30. The fraction of sp³-hybridized carbons (Fsp3) is 0.391. The van der Waals surface area contributed by atoms with E-state index in [-0.39, 0.29) is 12.2 Å². The zero-order chi connectivity index (χ0) is 21.7. The summed E-state index contributed by atoms with van der Waals surface area (Å²) in [5.74, 6) is -0.570. The molecule has 1 fully saturated rings. The van der Waals surface area contributed by atoms with Crippen molar-refractivity contribution in [2.24, 2.45) is 4.99 Å². The lowest BCUT2D eigenvalue weighted by Gasteiger charge is -2.24. The summed E-state index contributed by atoms with van der Waals surface area (Å²) in [6, 6.07) is 8.20. The van der Waals surface area contributed by atoms with E-state index in [9.17, 15) is 18.0 Å². The average Bonchev–Trinajstić information content (AvgIpc) is 2.73. The molecule has 1 saturated heterocycles. The molecule has 0 saturated carbocycles. The Bertz CT molecular complexity index is 933. The Labute approximate surface area is 174 Å². The van der Waals surface area contributed by atoms with Crippen molar-refractivity contribution in [2.75, 3.05) is 13.1 Å². The number of carbonyl (C=O) groups is 1. The Hall–Kier alpha value is -2.83. The van der Waals surface area contributed by atoms with Crippen LogP contribution in [0.2, 0.25) is 0 Å². The molecule has 0 atom stereocenters. The van der Waals surface area contributed by atoms with Gasteiger partial charge in [-0.05, 0) is 74.1 Å². The topological polar surface area (TPSA) is 41.9 Å². The Morgan fingerprint density at radius 1 is 1.10 bits per heavy atom. The first kappa shape index (κ1) is 21.9. The van der Waals surface area contributed by atoms with Gasteiger partial charge in [0.05, 0.1) is 23.2 Å². The summed E-state index contributed by atoms with van der Waals surface area (Å²) < 4.78 is 43.7. The molecule has 7 heteroatoms. The van der Waals surface area contributed by atoms with Crippen LogP contribution >= 0.6 is 0 Å². The third-order valence-electron chi connectivity index (χ3n) is 5.35. The van der Waals surface area contributed by atoms with E-state index in [1.165, 1.54) is 31.4 Å². The van der Waals surface area contributed by atoms with Crippen molar-refractivity contribution in [1.82, 2.24) is 4.90 Å². The second-order valence-corrected chi connectivity index (χ2v) is 7.50. The summed E-state index contributed by atoms with van der Waals surface area (Å²) in [4.78, 5) is 19.2. The van der Waals surface area contributed by atoms with Crippen LogP contribution in [0.1, 0.15) is 51.9 Å². The summed E-state index contributed by atoms with van der Waals surface area (Å²) >= 11 is 0. The molecule has 0 N–H and O–H groups in total. The molecule has 30 heavy (non-hydrogen) atoms. The van der Waals surface area contributed by atoms with Gasteiger partial charge in [0.2, 0.25) is 0 Å². The highest BCUT2D eigenvalue weighted by atomic mass is 19.4. The molecule has 0 radical (unpaired) electrons. The quantitative estimate of drug-likeness (QED) is 0.349. The summed E-state index contributed by atoms with van der Waals surface area (Å²) in [6.07, 6.45) is 1.01. The molecular weight excluding hydrogens is 393 g/mol. The third-order valence-corrected chi connectivity index (χ3v) is 5.35. The summed E-state index contributed by atoms with van der Waals surface area (Å²) in [5, 5.41) is 0. The molecule has 3 rings (SSSR count). The number of halogens is 3. The lowest BCUT2D eigenvalue weighted by Crippen LogP contribution is -2.28. The molecule has 2 aromatic carbocycles. The van der Waals surface area contributed by atoms with Crippen molar-refractivity contribution < 1.29 is 22.7 Å². The molecule has 1 aliphatic heterocycles. The molecular formula is C23H25F3N2O2. The number of nitrogens with zero attached hydrogens (tertiary/aromatic N) is 2. The molecule has 0 aromatic heterocycles. The number of piperidine rings is 1. The Morgan fingerprint density at radius 2 is 1.83 bits per heavy atom. The first-order chi connectivity index (χ1) is 14.3. The van der Waals surface area contributed by atoms with Gasteiger partial charge in [-0.15, -0.1) is 0 Å². The molecule has 1 heterocycles. The minimum Gasteiger partial charge on any atom is -0.457 e. The van der Waals surface area contributed by atoms with Gasteiger partial charge < -0.3 is 9.64 Å². The standard InChI is InChI=1S/C23H25F3N2O2/c1-16-17(2)21(27-15-28-11-4-3-5-12-28)10-9-20(16)22(29)30-14-18-7-6-8-19(13-18)23(24,25)26/h6-10,13,15H,3-5,11-12,14H2,1-2H3/b27-15+. The number of ether oxygens (including phenoxy) is 1. The minimum atomic E-state index is -4.43. The number of hydrogen-bond acceptors (Lipinski definition) is 3. The van der Waals surface area contributed by atoms with Crippen molar-refractivity contribution in [3.63, 3.8) is 0 Å². The molecule has 0 spiro atoms. The maximum absolute atomic E-state index is 12.8. The number of benzene rings is 2. The van der Waals surface area contributed by atoms with Gasteiger partial charge >= 0.3 is 12.1 Å². The lowest BCUT2D eigenvalue weighted by molar-refractivity contribution is -0.137. The van der Waals surface area contributed by atoms with Gasteiger partial charge in [0.25, 0.3) is 0 Å².